The van der Waals surface area contributed by atoms with E-state index >= 15 is 0 Å². The molecule has 2 heterocycles. The highest BCUT2D eigenvalue weighted by Crippen LogP contribution is 2.21. The van der Waals surface area contributed by atoms with Crippen LogP contribution >= 0.6 is 23.1 Å². The summed E-state index contributed by atoms with van der Waals surface area (Å²) in [4.78, 5) is 11.5. The maximum absolute atomic E-state index is 11.5. The molecular weight excluding hydrogens is 258 g/mol. The summed E-state index contributed by atoms with van der Waals surface area (Å²) in [5.41, 5.74) is 0. The molecule has 0 aromatic carbocycles. The van der Waals surface area contributed by atoms with E-state index in [1.54, 1.807) is 0 Å². The second-order valence-corrected chi connectivity index (χ2v) is 6.22. The standard InChI is InChI=1S/C10H15N3O2S2/c1-7-12-13-10(17-7)16-6-9(14)11-5-8-3-2-4-15-8/h8H,2-6H2,1H3,(H,11,14)/t8-/m1/s1. The number of amides is 1. The van der Waals surface area contributed by atoms with Crippen LogP contribution in [0.4, 0.5) is 0 Å². The number of aromatic nitrogens is 2. The van der Waals surface area contributed by atoms with Crippen LogP contribution in [0.5, 0.6) is 0 Å². The van der Waals surface area contributed by atoms with E-state index in [-0.39, 0.29) is 12.0 Å². The Labute approximate surface area is 108 Å². The van der Waals surface area contributed by atoms with Crippen molar-refractivity contribution >= 4 is 29.0 Å². The lowest BCUT2D eigenvalue weighted by molar-refractivity contribution is -0.119. The van der Waals surface area contributed by atoms with Gasteiger partial charge >= 0.3 is 0 Å². The molecule has 1 aromatic heterocycles. The molecule has 1 aliphatic heterocycles. The number of rotatable bonds is 5. The molecule has 94 valence electrons. The Kier molecular flexibility index (Phi) is 4.75. The maximum atomic E-state index is 11.5. The van der Waals surface area contributed by atoms with Gasteiger partial charge in [-0.15, -0.1) is 10.2 Å². The maximum Gasteiger partial charge on any atom is 0.230 e. The second kappa shape index (κ2) is 6.32. The molecule has 5 nitrogen and oxygen atoms in total. The first-order valence-electron chi connectivity index (χ1n) is 5.55. The first-order chi connectivity index (χ1) is 8.24. The van der Waals surface area contributed by atoms with Gasteiger partial charge in [0, 0.05) is 13.2 Å². The molecule has 7 heteroatoms. The molecule has 0 bridgehead atoms. The molecule has 17 heavy (non-hydrogen) atoms. The van der Waals surface area contributed by atoms with Crippen molar-refractivity contribution in [3.8, 4) is 0 Å². The fourth-order valence-electron chi connectivity index (χ4n) is 1.55. The van der Waals surface area contributed by atoms with Gasteiger partial charge in [0.1, 0.15) is 5.01 Å². The summed E-state index contributed by atoms with van der Waals surface area (Å²) < 4.78 is 6.27. The van der Waals surface area contributed by atoms with Gasteiger partial charge in [0.15, 0.2) is 4.34 Å². The molecule has 1 aliphatic rings. The van der Waals surface area contributed by atoms with Crippen LogP contribution in [0.3, 0.4) is 0 Å². The van der Waals surface area contributed by atoms with Crippen molar-refractivity contribution in [1.82, 2.24) is 15.5 Å². The zero-order valence-corrected chi connectivity index (χ0v) is 11.3. The summed E-state index contributed by atoms with van der Waals surface area (Å²) in [6, 6.07) is 0. The molecule has 0 spiro atoms. The average Bonchev–Trinajstić information content (AvgIpc) is 2.95. The van der Waals surface area contributed by atoms with E-state index in [4.69, 9.17) is 4.74 Å². The summed E-state index contributed by atoms with van der Waals surface area (Å²) in [5.74, 6) is 0.416. The van der Waals surface area contributed by atoms with E-state index in [1.165, 1.54) is 23.1 Å². The molecular formula is C10H15N3O2S2. The number of carbonyl (C=O) groups is 1. The Bertz CT molecular complexity index is 377. The van der Waals surface area contributed by atoms with Crippen molar-refractivity contribution in [1.29, 1.82) is 0 Å². The average molecular weight is 273 g/mol. The molecule has 0 radical (unpaired) electrons. The number of hydrogen-bond acceptors (Lipinski definition) is 6. The number of ether oxygens (including phenoxy) is 1. The van der Waals surface area contributed by atoms with Crippen LogP contribution < -0.4 is 5.32 Å². The van der Waals surface area contributed by atoms with Gasteiger partial charge in [0.25, 0.3) is 0 Å². The smallest absolute Gasteiger partial charge is 0.230 e. The Morgan fingerprint density at radius 1 is 1.65 bits per heavy atom. The van der Waals surface area contributed by atoms with Gasteiger partial charge < -0.3 is 10.1 Å². The SMILES string of the molecule is Cc1nnc(SCC(=O)NC[C@H]2CCCO2)s1. The van der Waals surface area contributed by atoms with Crippen molar-refractivity contribution in [3.05, 3.63) is 5.01 Å². The normalized spacial score (nSPS) is 19.5. The quantitative estimate of drug-likeness (QED) is 0.818. The molecule has 0 aliphatic carbocycles. The second-order valence-electron chi connectivity index (χ2n) is 3.81. The number of carbonyl (C=O) groups excluding carboxylic acids is 1. The first kappa shape index (κ1) is 12.8. The van der Waals surface area contributed by atoms with Gasteiger partial charge in [-0.05, 0) is 19.8 Å². The summed E-state index contributed by atoms with van der Waals surface area (Å²) in [5, 5.41) is 11.6. The number of thioether (sulfide) groups is 1. The molecule has 0 unspecified atom stereocenters. The summed E-state index contributed by atoms with van der Waals surface area (Å²) in [7, 11) is 0. The van der Waals surface area contributed by atoms with Gasteiger partial charge in [-0.2, -0.15) is 0 Å². The van der Waals surface area contributed by atoms with Crippen molar-refractivity contribution < 1.29 is 9.53 Å². The molecule has 0 saturated carbocycles. The van der Waals surface area contributed by atoms with Gasteiger partial charge in [0.2, 0.25) is 5.91 Å². The number of hydrogen-bond donors (Lipinski definition) is 1. The largest absolute Gasteiger partial charge is 0.376 e. The summed E-state index contributed by atoms with van der Waals surface area (Å²) in [6.07, 6.45) is 2.34. The third-order valence-corrected chi connectivity index (χ3v) is 4.36. The van der Waals surface area contributed by atoms with Gasteiger partial charge in [-0.1, -0.05) is 23.1 Å². The van der Waals surface area contributed by atoms with E-state index in [0.717, 1.165) is 28.8 Å². The third-order valence-electron chi connectivity index (χ3n) is 2.39. The number of aryl methyl sites for hydroxylation is 1. The Morgan fingerprint density at radius 3 is 3.18 bits per heavy atom. The lowest BCUT2D eigenvalue weighted by atomic mass is 10.2. The molecule has 1 N–H and O–H groups in total. The summed E-state index contributed by atoms with van der Waals surface area (Å²) >= 11 is 2.93. The zero-order chi connectivity index (χ0) is 12.1. The van der Waals surface area contributed by atoms with Crippen LogP contribution in [0.15, 0.2) is 4.34 Å². The lowest BCUT2D eigenvalue weighted by Crippen LogP contribution is -2.32. The van der Waals surface area contributed by atoms with E-state index in [1.807, 2.05) is 6.92 Å². The fraction of sp³-hybridized carbons (Fsp3) is 0.700. The first-order valence-corrected chi connectivity index (χ1v) is 7.35. The van der Waals surface area contributed by atoms with Crippen molar-refractivity contribution in [2.24, 2.45) is 0 Å². The Hall–Kier alpha value is -0.660. The van der Waals surface area contributed by atoms with E-state index < -0.39 is 0 Å². The Balaban J connectivity index is 1.63. The molecule has 1 aromatic rings. The minimum Gasteiger partial charge on any atom is -0.376 e. The fourth-order valence-corrected chi connectivity index (χ4v) is 3.19. The highest BCUT2D eigenvalue weighted by molar-refractivity contribution is 8.01. The predicted octanol–water partition coefficient (Wildman–Crippen LogP) is 1.23. The van der Waals surface area contributed by atoms with Gasteiger partial charge in [-0.3, -0.25) is 4.79 Å². The molecule has 2 rings (SSSR count). The molecule has 1 fully saturated rings. The molecule has 1 atom stereocenters. The van der Waals surface area contributed by atoms with Crippen LogP contribution in [-0.4, -0.2) is 41.1 Å². The van der Waals surface area contributed by atoms with E-state index in [2.05, 4.69) is 15.5 Å². The summed E-state index contributed by atoms with van der Waals surface area (Å²) in [6.45, 7) is 3.34. The van der Waals surface area contributed by atoms with Crippen LogP contribution in [0.2, 0.25) is 0 Å². The van der Waals surface area contributed by atoms with Crippen molar-refractivity contribution in [2.75, 3.05) is 18.9 Å². The minimum atomic E-state index is 0.0263. The monoisotopic (exact) mass is 273 g/mol. The van der Waals surface area contributed by atoms with Crippen molar-refractivity contribution in [2.45, 2.75) is 30.2 Å². The molecule has 1 amide bonds. The highest BCUT2D eigenvalue weighted by atomic mass is 32.2. The van der Waals surface area contributed by atoms with Crippen LogP contribution in [0, 0.1) is 6.92 Å². The van der Waals surface area contributed by atoms with E-state index in [0.29, 0.717) is 12.3 Å². The number of nitrogens with one attached hydrogen (secondary N) is 1. The zero-order valence-electron chi connectivity index (χ0n) is 9.64. The van der Waals surface area contributed by atoms with Gasteiger partial charge in [0.05, 0.1) is 11.9 Å². The minimum absolute atomic E-state index is 0.0263. The lowest BCUT2D eigenvalue weighted by Gasteiger charge is -2.09. The van der Waals surface area contributed by atoms with Crippen LogP contribution in [-0.2, 0) is 9.53 Å². The van der Waals surface area contributed by atoms with E-state index in [9.17, 15) is 4.79 Å². The van der Waals surface area contributed by atoms with Crippen LogP contribution in [0.1, 0.15) is 17.8 Å². The predicted molar refractivity (Wildman–Crippen MR) is 67.4 cm³/mol. The molecule has 1 saturated heterocycles. The topological polar surface area (TPSA) is 64.1 Å². The van der Waals surface area contributed by atoms with Crippen molar-refractivity contribution in [3.63, 3.8) is 0 Å². The Morgan fingerprint density at radius 2 is 2.53 bits per heavy atom. The number of nitrogens with zero attached hydrogens (tertiary/aromatic N) is 2. The third kappa shape index (κ3) is 4.25. The van der Waals surface area contributed by atoms with Crippen LogP contribution in [0.25, 0.3) is 0 Å². The van der Waals surface area contributed by atoms with Gasteiger partial charge in [-0.25, -0.2) is 0 Å². The highest BCUT2D eigenvalue weighted by Gasteiger charge is 2.16.